The standard InChI is InChI=1S/C11H15N3O4/c1-7(6-15)12-11(16)10-4-9(14(17)18)5-13(10)8-2-3-8/h4-5,7-8,15H,2-3,6H2,1H3,(H,12,16)/t7-/m0/s1. The Hall–Kier alpha value is -1.89. The van der Waals surface area contributed by atoms with E-state index in [0.717, 1.165) is 12.8 Å². The Kier molecular flexibility index (Phi) is 3.33. The van der Waals surface area contributed by atoms with Crippen LogP contribution >= 0.6 is 0 Å². The van der Waals surface area contributed by atoms with Crippen molar-refractivity contribution in [2.24, 2.45) is 0 Å². The number of aliphatic hydroxyl groups is 1. The minimum atomic E-state index is -0.509. The highest BCUT2D eigenvalue weighted by molar-refractivity contribution is 5.93. The van der Waals surface area contributed by atoms with Gasteiger partial charge in [0.05, 0.1) is 17.7 Å². The summed E-state index contributed by atoms with van der Waals surface area (Å²) in [7, 11) is 0. The molecule has 0 aliphatic heterocycles. The third-order valence-corrected chi connectivity index (χ3v) is 2.87. The van der Waals surface area contributed by atoms with Crippen molar-refractivity contribution in [3.63, 3.8) is 0 Å². The Morgan fingerprint density at radius 3 is 2.89 bits per heavy atom. The van der Waals surface area contributed by atoms with Crippen LogP contribution in [0.25, 0.3) is 0 Å². The van der Waals surface area contributed by atoms with Gasteiger partial charge in [-0.05, 0) is 19.8 Å². The molecule has 1 aromatic heterocycles. The summed E-state index contributed by atoms with van der Waals surface area (Å²) >= 11 is 0. The van der Waals surface area contributed by atoms with Gasteiger partial charge in [-0.15, -0.1) is 0 Å². The van der Waals surface area contributed by atoms with Crippen molar-refractivity contribution >= 4 is 11.6 Å². The van der Waals surface area contributed by atoms with Gasteiger partial charge >= 0.3 is 0 Å². The largest absolute Gasteiger partial charge is 0.394 e. The van der Waals surface area contributed by atoms with Gasteiger partial charge in [0, 0.05) is 18.2 Å². The maximum absolute atomic E-state index is 11.9. The Bertz CT molecular complexity index is 479. The molecule has 0 unspecified atom stereocenters. The molecule has 1 saturated carbocycles. The molecule has 2 rings (SSSR count). The second-order valence-electron chi connectivity index (χ2n) is 4.54. The van der Waals surface area contributed by atoms with E-state index in [4.69, 9.17) is 5.11 Å². The molecule has 1 heterocycles. The summed E-state index contributed by atoms with van der Waals surface area (Å²) in [5.74, 6) is -0.392. The lowest BCUT2D eigenvalue weighted by molar-refractivity contribution is -0.384. The number of nitro groups is 1. The monoisotopic (exact) mass is 253 g/mol. The number of nitrogens with zero attached hydrogens (tertiary/aromatic N) is 2. The number of amides is 1. The highest BCUT2D eigenvalue weighted by Crippen LogP contribution is 2.37. The van der Waals surface area contributed by atoms with Crippen molar-refractivity contribution in [3.05, 3.63) is 28.1 Å². The van der Waals surface area contributed by atoms with Gasteiger partial charge in [-0.1, -0.05) is 0 Å². The molecule has 1 aliphatic carbocycles. The number of carbonyl (C=O) groups excluding carboxylic acids is 1. The SMILES string of the molecule is C[C@@H](CO)NC(=O)c1cc([N+](=O)[O-])cn1C1CC1. The normalized spacial score (nSPS) is 16.3. The van der Waals surface area contributed by atoms with Crippen LogP contribution in [0.15, 0.2) is 12.3 Å². The summed E-state index contributed by atoms with van der Waals surface area (Å²) < 4.78 is 1.65. The molecule has 0 bridgehead atoms. The quantitative estimate of drug-likeness (QED) is 0.600. The van der Waals surface area contributed by atoms with Gasteiger partial charge in [0.1, 0.15) is 5.69 Å². The summed E-state index contributed by atoms with van der Waals surface area (Å²) in [5, 5.41) is 22.2. The first kappa shape index (κ1) is 12.6. The molecule has 2 N–H and O–H groups in total. The summed E-state index contributed by atoms with van der Waals surface area (Å²) in [5.41, 5.74) is 0.202. The zero-order valence-electron chi connectivity index (χ0n) is 10.00. The topological polar surface area (TPSA) is 97.4 Å². The Labute approximate surface area is 104 Å². The third-order valence-electron chi connectivity index (χ3n) is 2.87. The summed E-state index contributed by atoms with van der Waals surface area (Å²) in [4.78, 5) is 22.2. The molecule has 1 amide bonds. The maximum Gasteiger partial charge on any atom is 0.287 e. The van der Waals surface area contributed by atoms with Crippen molar-refractivity contribution in [1.29, 1.82) is 0 Å². The summed E-state index contributed by atoms with van der Waals surface area (Å²) in [6.45, 7) is 1.49. The molecular formula is C11H15N3O4. The number of carbonyl (C=O) groups is 1. The lowest BCUT2D eigenvalue weighted by Gasteiger charge is -2.12. The van der Waals surface area contributed by atoms with Crippen molar-refractivity contribution < 1.29 is 14.8 Å². The zero-order valence-corrected chi connectivity index (χ0v) is 10.00. The van der Waals surface area contributed by atoms with E-state index < -0.39 is 10.8 Å². The van der Waals surface area contributed by atoms with Crippen LogP contribution in [-0.2, 0) is 0 Å². The van der Waals surface area contributed by atoms with Gasteiger partial charge in [0.15, 0.2) is 0 Å². The van der Waals surface area contributed by atoms with Gasteiger partial charge < -0.3 is 15.0 Å². The first-order valence-corrected chi connectivity index (χ1v) is 5.81. The van der Waals surface area contributed by atoms with E-state index in [-0.39, 0.29) is 30.1 Å². The van der Waals surface area contributed by atoms with Gasteiger partial charge in [-0.25, -0.2) is 0 Å². The smallest absolute Gasteiger partial charge is 0.287 e. The Balaban J connectivity index is 2.24. The van der Waals surface area contributed by atoms with E-state index >= 15 is 0 Å². The number of hydrogen-bond donors (Lipinski definition) is 2. The average molecular weight is 253 g/mol. The number of aromatic nitrogens is 1. The number of rotatable bonds is 5. The van der Waals surface area contributed by atoms with E-state index in [1.807, 2.05) is 0 Å². The first-order valence-electron chi connectivity index (χ1n) is 5.81. The van der Waals surface area contributed by atoms with Crippen LogP contribution < -0.4 is 5.32 Å². The summed E-state index contributed by atoms with van der Waals surface area (Å²) in [6.07, 6.45) is 3.26. The molecule has 1 fully saturated rings. The van der Waals surface area contributed by atoms with Crippen LogP contribution in [0.1, 0.15) is 36.3 Å². The van der Waals surface area contributed by atoms with Crippen LogP contribution in [0.4, 0.5) is 5.69 Å². The highest BCUT2D eigenvalue weighted by atomic mass is 16.6. The molecule has 18 heavy (non-hydrogen) atoms. The maximum atomic E-state index is 11.9. The van der Waals surface area contributed by atoms with E-state index in [0.29, 0.717) is 0 Å². The van der Waals surface area contributed by atoms with Gasteiger partial charge in [0.2, 0.25) is 0 Å². The molecule has 1 atom stereocenters. The summed E-state index contributed by atoms with van der Waals surface area (Å²) in [6, 6.07) is 1.08. The molecule has 7 heteroatoms. The van der Waals surface area contributed by atoms with Crippen LogP contribution in [0.5, 0.6) is 0 Å². The highest BCUT2D eigenvalue weighted by Gasteiger charge is 2.30. The number of aliphatic hydroxyl groups excluding tert-OH is 1. The zero-order chi connectivity index (χ0) is 13.3. The fourth-order valence-corrected chi connectivity index (χ4v) is 1.74. The number of hydrogen-bond acceptors (Lipinski definition) is 4. The minimum Gasteiger partial charge on any atom is -0.394 e. The molecule has 0 radical (unpaired) electrons. The lowest BCUT2D eigenvalue weighted by atomic mass is 10.3. The molecule has 7 nitrogen and oxygen atoms in total. The molecule has 0 spiro atoms. The average Bonchev–Trinajstić information content (AvgIpc) is 3.07. The van der Waals surface area contributed by atoms with E-state index in [2.05, 4.69) is 5.32 Å². The van der Waals surface area contributed by atoms with Crippen molar-refractivity contribution in [1.82, 2.24) is 9.88 Å². The van der Waals surface area contributed by atoms with Crippen LogP contribution in [0.3, 0.4) is 0 Å². The van der Waals surface area contributed by atoms with Crippen LogP contribution in [0.2, 0.25) is 0 Å². The van der Waals surface area contributed by atoms with Crippen molar-refractivity contribution in [3.8, 4) is 0 Å². The Morgan fingerprint density at radius 2 is 2.39 bits per heavy atom. The fourth-order valence-electron chi connectivity index (χ4n) is 1.74. The van der Waals surface area contributed by atoms with Crippen molar-refractivity contribution in [2.45, 2.75) is 31.8 Å². The predicted octanol–water partition coefficient (Wildman–Crippen LogP) is 0.842. The van der Waals surface area contributed by atoms with Gasteiger partial charge in [-0.3, -0.25) is 14.9 Å². The molecule has 1 aliphatic rings. The van der Waals surface area contributed by atoms with Gasteiger partial charge in [0.25, 0.3) is 11.6 Å². The van der Waals surface area contributed by atoms with E-state index in [1.165, 1.54) is 12.3 Å². The molecule has 1 aromatic rings. The molecule has 0 aromatic carbocycles. The Morgan fingerprint density at radius 1 is 1.72 bits per heavy atom. The first-order chi connectivity index (χ1) is 8.52. The van der Waals surface area contributed by atoms with E-state index in [1.54, 1.807) is 11.5 Å². The van der Waals surface area contributed by atoms with Crippen LogP contribution in [-0.4, -0.2) is 33.2 Å². The molecule has 0 saturated heterocycles. The third kappa shape index (κ3) is 2.51. The van der Waals surface area contributed by atoms with Crippen LogP contribution in [0, 0.1) is 10.1 Å². The lowest BCUT2D eigenvalue weighted by Crippen LogP contribution is -2.36. The minimum absolute atomic E-state index is 0.0799. The fraction of sp³-hybridized carbons (Fsp3) is 0.545. The molecule has 98 valence electrons. The van der Waals surface area contributed by atoms with Crippen molar-refractivity contribution in [2.75, 3.05) is 6.61 Å². The second-order valence-corrected chi connectivity index (χ2v) is 4.54. The van der Waals surface area contributed by atoms with E-state index in [9.17, 15) is 14.9 Å². The van der Waals surface area contributed by atoms with Gasteiger partial charge in [-0.2, -0.15) is 0 Å². The number of nitrogens with one attached hydrogen (secondary N) is 1. The molecular weight excluding hydrogens is 238 g/mol. The second kappa shape index (κ2) is 4.77. The predicted molar refractivity (Wildman–Crippen MR) is 63.4 cm³/mol.